The predicted molar refractivity (Wildman–Crippen MR) is 123 cm³/mol. The van der Waals surface area contributed by atoms with Crippen LogP contribution in [0.25, 0.3) is 10.9 Å². The van der Waals surface area contributed by atoms with Crippen LogP contribution in [0.15, 0.2) is 48.7 Å². The van der Waals surface area contributed by atoms with Gasteiger partial charge in [-0.15, -0.1) is 0 Å². The fourth-order valence-electron chi connectivity index (χ4n) is 5.52. The van der Waals surface area contributed by atoms with E-state index >= 15 is 0 Å². The number of piperidine rings is 1. The van der Waals surface area contributed by atoms with Crippen molar-refractivity contribution in [1.29, 1.82) is 0 Å². The third kappa shape index (κ3) is 3.85. The highest BCUT2D eigenvalue weighted by Crippen LogP contribution is 2.34. The Balaban J connectivity index is 1.16. The van der Waals surface area contributed by atoms with E-state index in [4.69, 9.17) is 0 Å². The van der Waals surface area contributed by atoms with Crippen molar-refractivity contribution in [1.82, 2.24) is 9.47 Å². The molecule has 4 heteroatoms. The van der Waals surface area contributed by atoms with Crippen molar-refractivity contribution in [2.45, 2.75) is 38.0 Å². The van der Waals surface area contributed by atoms with Gasteiger partial charge in [-0.3, -0.25) is 0 Å². The maximum atomic E-state index is 13.8. The Labute approximate surface area is 179 Å². The largest absolute Gasteiger partial charge is 0.371 e. The smallest absolute Gasteiger partial charge is 0.123 e. The maximum Gasteiger partial charge on any atom is 0.123 e. The van der Waals surface area contributed by atoms with Gasteiger partial charge in [0.2, 0.25) is 0 Å². The van der Waals surface area contributed by atoms with Crippen molar-refractivity contribution < 1.29 is 4.39 Å². The van der Waals surface area contributed by atoms with Crippen LogP contribution in [-0.4, -0.2) is 42.2 Å². The van der Waals surface area contributed by atoms with Crippen LogP contribution in [0.2, 0.25) is 0 Å². The average Bonchev–Trinajstić information content (AvgIpc) is 3.10. The van der Waals surface area contributed by atoms with Crippen molar-refractivity contribution in [2.24, 2.45) is 7.05 Å². The molecule has 0 N–H and O–H groups in total. The molecular formula is C26H32FN3. The third-order valence-electron chi connectivity index (χ3n) is 7.12. The number of likely N-dealkylation sites (tertiary alicyclic amines) is 1. The molecule has 0 atom stereocenters. The Bertz CT molecular complexity index is 1020. The van der Waals surface area contributed by atoms with Crippen LogP contribution in [0.3, 0.4) is 0 Å². The molecule has 0 aliphatic carbocycles. The molecule has 0 radical (unpaired) electrons. The first-order valence-electron chi connectivity index (χ1n) is 11.5. The number of halogens is 1. The molecule has 5 rings (SSSR count). The molecule has 1 fully saturated rings. The molecule has 3 heterocycles. The van der Waals surface area contributed by atoms with Crippen LogP contribution in [0, 0.1) is 5.82 Å². The molecule has 0 unspecified atom stereocenters. The molecule has 2 aromatic carbocycles. The van der Waals surface area contributed by atoms with Gasteiger partial charge in [0.15, 0.2) is 0 Å². The second-order valence-electron chi connectivity index (χ2n) is 9.05. The number of benzene rings is 2. The van der Waals surface area contributed by atoms with Gasteiger partial charge in [0, 0.05) is 42.9 Å². The van der Waals surface area contributed by atoms with Crippen molar-refractivity contribution in [3.8, 4) is 0 Å². The molecule has 1 aromatic heterocycles. The Morgan fingerprint density at radius 1 is 1.00 bits per heavy atom. The van der Waals surface area contributed by atoms with Gasteiger partial charge in [-0.25, -0.2) is 4.39 Å². The number of aryl methyl sites for hydroxylation is 2. The monoisotopic (exact) mass is 405 g/mol. The van der Waals surface area contributed by atoms with Gasteiger partial charge in [-0.1, -0.05) is 18.2 Å². The fraction of sp³-hybridized carbons (Fsp3) is 0.462. The quantitative estimate of drug-likeness (QED) is 0.568. The zero-order valence-corrected chi connectivity index (χ0v) is 18.0. The molecule has 0 spiro atoms. The van der Waals surface area contributed by atoms with Crippen molar-refractivity contribution in [2.75, 3.05) is 37.6 Å². The predicted octanol–water partition coefficient (Wildman–Crippen LogP) is 5.34. The normalized spacial score (nSPS) is 18.1. The maximum absolute atomic E-state index is 13.8. The third-order valence-corrected chi connectivity index (χ3v) is 7.12. The molecule has 0 bridgehead atoms. The summed E-state index contributed by atoms with van der Waals surface area (Å²) in [5.41, 5.74) is 5.42. The summed E-state index contributed by atoms with van der Waals surface area (Å²) in [6.07, 6.45) is 8.27. The minimum Gasteiger partial charge on any atom is -0.371 e. The number of hydrogen-bond acceptors (Lipinski definition) is 2. The molecule has 2 aliphatic heterocycles. The molecule has 0 saturated carbocycles. The van der Waals surface area contributed by atoms with E-state index in [1.165, 1.54) is 62.0 Å². The van der Waals surface area contributed by atoms with E-state index in [0.717, 1.165) is 30.5 Å². The summed E-state index contributed by atoms with van der Waals surface area (Å²) in [5, 5.41) is 1.10. The number of hydrogen-bond donors (Lipinski definition) is 0. The summed E-state index contributed by atoms with van der Waals surface area (Å²) in [6.45, 7) is 5.81. The van der Waals surface area contributed by atoms with Gasteiger partial charge in [-0.05, 0) is 93.0 Å². The minimum absolute atomic E-state index is 0.133. The van der Waals surface area contributed by atoms with E-state index in [1.54, 1.807) is 12.1 Å². The van der Waals surface area contributed by atoms with Gasteiger partial charge >= 0.3 is 0 Å². The fourth-order valence-corrected chi connectivity index (χ4v) is 5.52. The first kappa shape index (κ1) is 19.6. The lowest BCUT2D eigenvalue weighted by Crippen LogP contribution is -2.36. The second kappa shape index (κ2) is 8.43. The lowest BCUT2D eigenvalue weighted by Gasteiger charge is -2.34. The van der Waals surface area contributed by atoms with E-state index in [0.29, 0.717) is 5.92 Å². The zero-order chi connectivity index (χ0) is 20.5. The number of rotatable bonds is 5. The number of nitrogens with zero attached hydrogens (tertiary/aromatic N) is 3. The highest BCUT2D eigenvalue weighted by Gasteiger charge is 2.24. The van der Waals surface area contributed by atoms with Crippen molar-refractivity contribution in [3.63, 3.8) is 0 Å². The highest BCUT2D eigenvalue weighted by atomic mass is 19.1. The number of anilines is 1. The lowest BCUT2D eigenvalue weighted by molar-refractivity contribution is 0.211. The topological polar surface area (TPSA) is 11.4 Å². The van der Waals surface area contributed by atoms with Crippen molar-refractivity contribution >= 4 is 16.6 Å². The van der Waals surface area contributed by atoms with Crippen LogP contribution < -0.4 is 4.90 Å². The van der Waals surface area contributed by atoms with Crippen LogP contribution in [0.5, 0.6) is 0 Å². The van der Waals surface area contributed by atoms with E-state index < -0.39 is 0 Å². The van der Waals surface area contributed by atoms with Crippen molar-refractivity contribution in [3.05, 3.63) is 65.6 Å². The lowest BCUT2D eigenvalue weighted by atomic mass is 9.89. The highest BCUT2D eigenvalue weighted by molar-refractivity contribution is 5.84. The van der Waals surface area contributed by atoms with Gasteiger partial charge in [0.05, 0.1) is 0 Å². The summed E-state index contributed by atoms with van der Waals surface area (Å²) >= 11 is 0. The zero-order valence-electron chi connectivity index (χ0n) is 18.0. The Hall–Kier alpha value is -2.33. The minimum atomic E-state index is -0.133. The van der Waals surface area contributed by atoms with Gasteiger partial charge in [0.25, 0.3) is 0 Å². The molecule has 30 heavy (non-hydrogen) atoms. The number of fused-ring (bicyclic) bond motifs is 2. The van der Waals surface area contributed by atoms with E-state index in [2.05, 4.69) is 51.9 Å². The Morgan fingerprint density at radius 2 is 1.83 bits per heavy atom. The van der Waals surface area contributed by atoms with E-state index in [9.17, 15) is 4.39 Å². The second-order valence-corrected chi connectivity index (χ2v) is 9.05. The summed E-state index contributed by atoms with van der Waals surface area (Å²) in [7, 11) is 2.07. The van der Waals surface area contributed by atoms with E-state index in [-0.39, 0.29) is 5.82 Å². The first-order chi connectivity index (χ1) is 14.7. The van der Waals surface area contributed by atoms with Crippen LogP contribution in [0.1, 0.15) is 42.7 Å². The SMILES string of the molecule is Cn1cc(C2CCN(CCCN3CCCc4ccccc43)CC2)c2cc(F)ccc21. The number of para-hydroxylation sites is 1. The summed E-state index contributed by atoms with van der Waals surface area (Å²) < 4.78 is 16.0. The average molecular weight is 406 g/mol. The number of aromatic nitrogens is 1. The van der Waals surface area contributed by atoms with Gasteiger partial charge in [-0.2, -0.15) is 0 Å². The molecule has 1 saturated heterocycles. The molecule has 2 aliphatic rings. The summed E-state index contributed by atoms with van der Waals surface area (Å²) in [4.78, 5) is 5.20. The van der Waals surface area contributed by atoms with Gasteiger partial charge < -0.3 is 14.4 Å². The molecule has 158 valence electrons. The van der Waals surface area contributed by atoms with E-state index in [1.807, 2.05) is 6.07 Å². The Morgan fingerprint density at radius 3 is 2.70 bits per heavy atom. The van der Waals surface area contributed by atoms with Crippen LogP contribution in [0.4, 0.5) is 10.1 Å². The molecule has 3 aromatic rings. The van der Waals surface area contributed by atoms with Gasteiger partial charge in [0.1, 0.15) is 5.82 Å². The Kier molecular flexibility index (Phi) is 5.51. The molecular weight excluding hydrogens is 373 g/mol. The summed E-state index contributed by atoms with van der Waals surface area (Å²) in [5.74, 6) is 0.410. The van der Waals surface area contributed by atoms with Crippen LogP contribution >= 0.6 is 0 Å². The standard InChI is InChI=1S/C26H32FN3/c1-28-19-24(23-18-22(27)9-10-26(23)28)20-11-16-29(17-12-20)13-5-15-30-14-4-7-21-6-2-3-8-25(21)30/h2-3,6,8-10,18-20H,4-5,7,11-17H2,1H3. The summed E-state index contributed by atoms with van der Waals surface area (Å²) in [6, 6.07) is 14.1. The first-order valence-corrected chi connectivity index (χ1v) is 11.5. The van der Waals surface area contributed by atoms with Crippen LogP contribution in [-0.2, 0) is 13.5 Å². The molecule has 0 amide bonds. The molecule has 3 nitrogen and oxygen atoms in total.